The average molecular weight is 399 g/mol. The first-order valence-electron chi connectivity index (χ1n) is 9.15. The van der Waals surface area contributed by atoms with Crippen LogP contribution in [0.15, 0.2) is 42.5 Å². The number of carbonyl (C=O) groups is 3. The summed E-state index contributed by atoms with van der Waals surface area (Å²) < 4.78 is 18.5. The third-order valence-corrected chi connectivity index (χ3v) is 5.00. The number of benzene rings is 2. The van der Waals surface area contributed by atoms with Crippen molar-refractivity contribution >= 4 is 23.5 Å². The standard InChI is InChI=1S/C21H22FN3O4/c1-4-21(14-8-9-17(29-3)13(2)10-14)19(27)25(20(28)24-21)12-18(26)23-16-7-5-6-15(22)11-16/h5-11H,4,12H2,1-3H3,(H,23,26)(H,24,28). The third-order valence-electron chi connectivity index (χ3n) is 5.00. The van der Waals surface area contributed by atoms with Crippen molar-refractivity contribution in [3.63, 3.8) is 0 Å². The Morgan fingerprint density at radius 2 is 2.00 bits per heavy atom. The first-order valence-corrected chi connectivity index (χ1v) is 9.15. The Bertz CT molecular complexity index is 978. The monoisotopic (exact) mass is 399 g/mol. The molecule has 0 aromatic heterocycles. The van der Waals surface area contributed by atoms with Crippen LogP contribution in [-0.4, -0.2) is 36.4 Å². The van der Waals surface area contributed by atoms with Gasteiger partial charge >= 0.3 is 6.03 Å². The van der Waals surface area contributed by atoms with Gasteiger partial charge in [0.05, 0.1) is 7.11 Å². The maximum absolute atomic E-state index is 13.3. The highest BCUT2D eigenvalue weighted by molar-refractivity contribution is 6.10. The third kappa shape index (κ3) is 3.78. The lowest BCUT2D eigenvalue weighted by molar-refractivity contribution is -0.134. The number of rotatable bonds is 6. The molecule has 3 rings (SSSR count). The maximum atomic E-state index is 13.3. The second-order valence-corrected chi connectivity index (χ2v) is 6.82. The lowest BCUT2D eigenvalue weighted by Crippen LogP contribution is -2.44. The smallest absolute Gasteiger partial charge is 0.325 e. The summed E-state index contributed by atoms with van der Waals surface area (Å²) in [6.45, 7) is 3.16. The van der Waals surface area contributed by atoms with Crippen molar-refractivity contribution in [1.29, 1.82) is 0 Å². The van der Waals surface area contributed by atoms with E-state index in [2.05, 4.69) is 10.6 Å². The van der Waals surface area contributed by atoms with Gasteiger partial charge in [-0.05, 0) is 54.8 Å². The number of carbonyl (C=O) groups excluding carboxylic acids is 3. The number of ether oxygens (including phenoxy) is 1. The van der Waals surface area contributed by atoms with E-state index in [-0.39, 0.29) is 5.69 Å². The van der Waals surface area contributed by atoms with E-state index < -0.39 is 35.7 Å². The maximum Gasteiger partial charge on any atom is 0.325 e. The Morgan fingerprint density at radius 1 is 1.24 bits per heavy atom. The van der Waals surface area contributed by atoms with Crippen LogP contribution in [0.25, 0.3) is 0 Å². The van der Waals surface area contributed by atoms with Gasteiger partial charge in [-0.1, -0.05) is 19.1 Å². The molecule has 0 saturated carbocycles. The largest absolute Gasteiger partial charge is 0.496 e. The normalized spacial score (nSPS) is 18.6. The van der Waals surface area contributed by atoms with Crippen LogP contribution in [0.5, 0.6) is 5.75 Å². The van der Waals surface area contributed by atoms with Crippen molar-refractivity contribution in [3.05, 3.63) is 59.4 Å². The summed E-state index contributed by atoms with van der Waals surface area (Å²) in [6, 6.07) is 9.97. The van der Waals surface area contributed by atoms with E-state index in [1.165, 1.54) is 18.2 Å². The van der Waals surface area contributed by atoms with Crippen LogP contribution in [0.3, 0.4) is 0 Å². The Kier molecular flexibility index (Phi) is 5.54. The van der Waals surface area contributed by atoms with Gasteiger partial charge in [-0.15, -0.1) is 0 Å². The van der Waals surface area contributed by atoms with Gasteiger partial charge in [-0.25, -0.2) is 9.18 Å². The van der Waals surface area contributed by atoms with E-state index in [4.69, 9.17) is 4.74 Å². The van der Waals surface area contributed by atoms with Crippen LogP contribution in [0.2, 0.25) is 0 Å². The number of imide groups is 1. The van der Waals surface area contributed by atoms with Gasteiger partial charge < -0.3 is 15.4 Å². The highest BCUT2D eigenvalue weighted by atomic mass is 19.1. The number of halogens is 1. The van der Waals surface area contributed by atoms with E-state index >= 15 is 0 Å². The summed E-state index contributed by atoms with van der Waals surface area (Å²) in [5, 5.41) is 5.22. The van der Waals surface area contributed by atoms with E-state index in [1.54, 1.807) is 32.2 Å². The minimum absolute atomic E-state index is 0.245. The number of methoxy groups -OCH3 is 1. The van der Waals surface area contributed by atoms with Crippen molar-refractivity contribution in [2.24, 2.45) is 0 Å². The predicted octanol–water partition coefficient (Wildman–Crippen LogP) is 2.94. The predicted molar refractivity (Wildman–Crippen MR) is 105 cm³/mol. The zero-order chi connectivity index (χ0) is 21.2. The molecule has 8 heteroatoms. The number of hydrogen-bond donors (Lipinski definition) is 2. The average Bonchev–Trinajstić information content (AvgIpc) is 2.93. The summed E-state index contributed by atoms with van der Waals surface area (Å²) in [7, 11) is 1.55. The quantitative estimate of drug-likeness (QED) is 0.731. The molecule has 1 heterocycles. The molecule has 29 heavy (non-hydrogen) atoms. The fourth-order valence-electron chi connectivity index (χ4n) is 3.46. The molecule has 2 aromatic rings. The van der Waals surface area contributed by atoms with Crippen molar-refractivity contribution < 1.29 is 23.5 Å². The first-order chi connectivity index (χ1) is 13.8. The molecule has 4 amide bonds. The number of aryl methyl sites for hydroxylation is 1. The summed E-state index contributed by atoms with van der Waals surface area (Å²) in [4.78, 5) is 38.9. The molecule has 0 spiro atoms. The molecule has 0 radical (unpaired) electrons. The molecule has 1 aliphatic heterocycles. The molecule has 1 unspecified atom stereocenters. The van der Waals surface area contributed by atoms with Gasteiger partial charge in [0.2, 0.25) is 5.91 Å². The van der Waals surface area contributed by atoms with Crippen LogP contribution in [0.1, 0.15) is 24.5 Å². The molecule has 0 aliphatic carbocycles. The number of nitrogens with zero attached hydrogens (tertiary/aromatic N) is 1. The van der Waals surface area contributed by atoms with Gasteiger partial charge in [-0.2, -0.15) is 0 Å². The van der Waals surface area contributed by atoms with Crippen molar-refractivity contribution in [3.8, 4) is 5.75 Å². The van der Waals surface area contributed by atoms with Gasteiger partial charge in [-0.3, -0.25) is 14.5 Å². The topological polar surface area (TPSA) is 87.7 Å². The van der Waals surface area contributed by atoms with Crippen molar-refractivity contribution in [2.45, 2.75) is 25.8 Å². The van der Waals surface area contributed by atoms with Gasteiger partial charge in [0.15, 0.2) is 0 Å². The van der Waals surface area contributed by atoms with Gasteiger partial charge in [0.25, 0.3) is 5.91 Å². The van der Waals surface area contributed by atoms with E-state index in [9.17, 15) is 18.8 Å². The molecule has 0 bridgehead atoms. The van der Waals surface area contributed by atoms with Crippen LogP contribution >= 0.6 is 0 Å². The van der Waals surface area contributed by atoms with Crippen LogP contribution < -0.4 is 15.4 Å². The molecular weight excluding hydrogens is 377 g/mol. The number of urea groups is 1. The zero-order valence-electron chi connectivity index (χ0n) is 16.4. The fourth-order valence-corrected chi connectivity index (χ4v) is 3.46. The molecule has 1 aliphatic rings. The molecule has 7 nitrogen and oxygen atoms in total. The molecular formula is C21H22FN3O4. The van der Waals surface area contributed by atoms with Crippen LogP contribution in [0.4, 0.5) is 14.9 Å². The number of hydrogen-bond acceptors (Lipinski definition) is 4. The van der Waals surface area contributed by atoms with Crippen LogP contribution in [0, 0.1) is 12.7 Å². The highest BCUT2D eigenvalue weighted by Gasteiger charge is 2.51. The Balaban J connectivity index is 1.82. The summed E-state index contributed by atoms with van der Waals surface area (Å²) in [6.07, 6.45) is 0.311. The van der Waals surface area contributed by atoms with E-state index in [0.29, 0.717) is 17.7 Å². The minimum Gasteiger partial charge on any atom is -0.496 e. The second-order valence-electron chi connectivity index (χ2n) is 6.82. The summed E-state index contributed by atoms with van der Waals surface area (Å²) >= 11 is 0. The fraction of sp³-hybridized carbons (Fsp3) is 0.286. The highest BCUT2D eigenvalue weighted by Crippen LogP contribution is 2.34. The minimum atomic E-state index is -1.26. The molecule has 2 aromatic carbocycles. The van der Waals surface area contributed by atoms with Crippen LogP contribution in [-0.2, 0) is 15.1 Å². The molecule has 1 fully saturated rings. The number of amides is 4. The summed E-state index contributed by atoms with van der Waals surface area (Å²) in [5.41, 5.74) is 0.425. The summed E-state index contributed by atoms with van der Waals surface area (Å²) in [5.74, 6) is -0.943. The Labute approximate surface area is 167 Å². The van der Waals surface area contributed by atoms with E-state index in [1.807, 2.05) is 6.92 Å². The number of nitrogens with one attached hydrogen (secondary N) is 2. The SMILES string of the molecule is CCC1(c2ccc(OC)c(C)c2)NC(=O)N(CC(=O)Nc2cccc(F)c2)C1=O. The Morgan fingerprint density at radius 3 is 2.62 bits per heavy atom. The first kappa shape index (κ1) is 20.3. The van der Waals surface area contributed by atoms with E-state index in [0.717, 1.165) is 16.5 Å². The molecule has 1 saturated heterocycles. The van der Waals surface area contributed by atoms with Gasteiger partial charge in [0.1, 0.15) is 23.7 Å². The number of anilines is 1. The molecule has 1 atom stereocenters. The van der Waals surface area contributed by atoms with Gasteiger partial charge in [0, 0.05) is 5.69 Å². The molecule has 2 N–H and O–H groups in total. The zero-order valence-corrected chi connectivity index (χ0v) is 16.4. The van der Waals surface area contributed by atoms with Crippen molar-refractivity contribution in [1.82, 2.24) is 10.2 Å². The molecule has 152 valence electrons. The lowest BCUT2D eigenvalue weighted by atomic mass is 9.86. The lowest BCUT2D eigenvalue weighted by Gasteiger charge is -2.26. The Hall–Kier alpha value is -3.42. The van der Waals surface area contributed by atoms with Crippen molar-refractivity contribution in [2.75, 3.05) is 19.0 Å². The second kappa shape index (κ2) is 7.90.